The van der Waals surface area contributed by atoms with Gasteiger partial charge in [0.25, 0.3) is 0 Å². The molecule has 1 aliphatic rings. The van der Waals surface area contributed by atoms with Gasteiger partial charge in [-0.2, -0.15) is 10.1 Å². The summed E-state index contributed by atoms with van der Waals surface area (Å²) < 4.78 is 5.22. The van der Waals surface area contributed by atoms with Crippen molar-refractivity contribution < 1.29 is 9.32 Å². The van der Waals surface area contributed by atoms with Gasteiger partial charge in [0.15, 0.2) is 5.82 Å². The Morgan fingerprint density at radius 1 is 1.10 bits per heavy atom. The third-order valence-electron chi connectivity index (χ3n) is 4.85. The summed E-state index contributed by atoms with van der Waals surface area (Å²) in [7, 11) is 0. The number of hydrogen-bond donors (Lipinski definition) is 2. The average Bonchev–Trinajstić information content (AvgIpc) is 3.32. The van der Waals surface area contributed by atoms with Crippen molar-refractivity contribution in [3.8, 4) is 22.8 Å². The number of amides is 1. The molecule has 0 aliphatic heterocycles. The molecule has 150 valence electrons. The van der Waals surface area contributed by atoms with Gasteiger partial charge in [-0.3, -0.25) is 14.9 Å². The summed E-state index contributed by atoms with van der Waals surface area (Å²) in [6.07, 6.45) is 6.29. The van der Waals surface area contributed by atoms with Gasteiger partial charge >= 0.3 is 0 Å². The number of aryl methyl sites for hydroxylation is 1. The summed E-state index contributed by atoms with van der Waals surface area (Å²) in [5.74, 6) is 2.91. The van der Waals surface area contributed by atoms with Gasteiger partial charge in [-0.25, -0.2) is 4.98 Å². The fraction of sp³-hybridized carbons (Fsp3) is 0.238. The van der Waals surface area contributed by atoms with Gasteiger partial charge in [-0.15, -0.1) is 0 Å². The second-order valence-corrected chi connectivity index (χ2v) is 7.20. The monoisotopic (exact) mass is 401 g/mol. The second-order valence-electron chi connectivity index (χ2n) is 7.20. The van der Waals surface area contributed by atoms with Crippen molar-refractivity contribution >= 4 is 11.6 Å². The van der Waals surface area contributed by atoms with Gasteiger partial charge < -0.3 is 9.84 Å². The number of anilines is 1. The van der Waals surface area contributed by atoms with Crippen LogP contribution >= 0.6 is 0 Å². The number of benzene rings is 1. The predicted octanol–water partition coefficient (Wildman–Crippen LogP) is 3.37. The lowest BCUT2D eigenvalue weighted by atomic mass is 10.2. The van der Waals surface area contributed by atoms with E-state index < -0.39 is 0 Å². The molecular weight excluding hydrogens is 382 g/mol. The molecular formula is C21H19N7O2. The van der Waals surface area contributed by atoms with E-state index in [2.05, 4.69) is 35.6 Å². The summed E-state index contributed by atoms with van der Waals surface area (Å²) in [5.41, 5.74) is 2.39. The van der Waals surface area contributed by atoms with E-state index in [0.29, 0.717) is 35.6 Å². The summed E-state index contributed by atoms with van der Waals surface area (Å²) >= 11 is 0. The first-order valence-corrected chi connectivity index (χ1v) is 9.80. The number of aromatic amines is 1. The Bertz CT molecular complexity index is 1150. The zero-order valence-electron chi connectivity index (χ0n) is 16.1. The van der Waals surface area contributed by atoms with E-state index >= 15 is 0 Å². The minimum Gasteiger partial charge on any atom is -0.339 e. The normalized spacial score (nSPS) is 13.3. The molecule has 0 bridgehead atoms. The van der Waals surface area contributed by atoms with Gasteiger partial charge in [0.05, 0.1) is 0 Å². The van der Waals surface area contributed by atoms with Crippen LogP contribution in [0.5, 0.6) is 0 Å². The third kappa shape index (κ3) is 4.09. The van der Waals surface area contributed by atoms with E-state index in [4.69, 9.17) is 4.52 Å². The van der Waals surface area contributed by atoms with Crippen LogP contribution < -0.4 is 5.32 Å². The maximum absolute atomic E-state index is 12.3. The van der Waals surface area contributed by atoms with Crippen LogP contribution in [-0.4, -0.2) is 36.2 Å². The molecule has 1 saturated carbocycles. The first-order valence-electron chi connectivity index (χ1n) is 9.80. The predicted molar refractivity (Wildman–Crippen MR) is 108 cm³/mol. The van der Waals surface area contributed by atoms with Crippen molar-refractivity contribution in [2.75, 3.05) is 5.32 Å². The molecule has 9 nitrogen and oxygen atoms in total. The molecule has 1 amide bonds. The molecule has 2 N–H and O–H groups in total. The van der Waals surface area contributed by atoms with E-state index in [1.807, 2.05) is 30.3 Å². The Morgan fingerprint density at radius 3 is 2.73 bits per heavy atom. The van der Waals surface area contributed by atoms with Gasteiger partial charge in [0, 0.05) is 48.0 Å². The third-order valence-corrected chi connectivity index (χ3v) is 4.85. The van der Waals surface area contributed by atoms with Gasteiger partial charge in [0.1, 0.15) is 5.82 Å². The number of hydrogen-bond acceptors (Lipinski definition) is 7. The molecule has 5 rings (SSSR count). The van der Waals surface area contributed by atoms with Crippen molar-refractivity contribution in [3.63, 3.8) is 0 Å². The highest BCUT2D eigenvalue weighted by molar-refractivity contribution is 5.91. The van der Waals surface area contributed by atoms with Crippen LogP contribution in [0, 0.1) is 0 Å². The standard InChI is InChI=1S/C21H19N7O2/c29-17(9-10-18-24-21(28-30-18)15-2-1-11-22-12-15)23-16-7-5-14(6-8-16)20-25-19(26-27-20)13-3-4-13/h1-2,5-8,11-13H,3-4,9-10H2,(H,23,29)(H,25,26,27). The number of carbonyl (C=O) groups excluding carboxylic acids is 1. The van der Waals surface area contributed by atoms with Crippen molar-refractivity contribution in [2.24, 2.45) is 0 Å². The lowest BCUT2D eigenvalue weighted by molar-refractivity contribution is -0.116. The number of rotatable bonds is 7. The van der Waals surface area contributed by atoms with Crippen molar-refractivity contribution in [3.05, 3.63) is 60.5 Å². The van der Waals surface area contributed by atoms with Gasteiger partial charge in [0.2, 0.25) is 17.6 Å². The molecule has 0 spiro atoms. The van der Waals surface area contributed by atoms with Crippen LogP contribution in [0.25, 0.3) is 22.8 Å². The fourth-order valence-electron chi connectivity index (χ4n) is 3.06. The van der Waals surface area contributed by atoms with E-state index in [1.165, 1.54) is 12.8 Å². The van der Waals surface area contributed by atoms with E-state index in [0.717, 1.165) is 17.0 Å². The van der Waals surface area contributed by atoms with Gasteiger partial charge in [-0.1, -0.05) is 5.16 Å². The average molecular weight is 401 g/mol. The number of H-pyrrole nitrogens is 1. The molecule has 1 aromatic carbocycles. The summed E-state index contributed by atoms with van der Waals surface area (Å²) in [5, 5.41) is 14.1. The van der Waals surface area contributed by atoms with Crippen molar-refractivity contribution in [1.82, 2.24) is 30.3 Å². The Balaban J connectivity index is 1.15. The number of pyridine rings is 1. The first kappa shape index (κ1) is 18.2. The zero-order chi connectivity index (χ0) is 20.3. The molecule has 1 aliphatic carbocycles. The molecule has 3 heterocycles. The highest BCUT2D eigenvalue weighted by Crippen LogP contribution is 2.38. The van der Waals surface area contributed by atoms with Crippen LogP contribution in [0.2, 0.25) is 0 Å². The number of nitrogens with one attached hydrogen (secondary N) is 2. The van der Waals surface area contributed by atoms with E-state index in [1.54, 1.807) is 18.5 Å². The van der Waals surface area contributed by atoms with Crippen LogP contribution in [0.3, 0.4) is 0 Å². The minimum atomic E-state index is -0.127. The van der Waals surface area contributed by atoms with E-state index in [-0.39, 0.29) is 12.3 Å². The molecule has 0 atom stereocenters. The maximum Gasteiger partial charge on any atom is 0.227 e. The fourth-order valence-corrected chi connectivity index (χ4v) is 3.06. The Morgan fingerprint density at radius 2 is 1.97 bits per heavy atom. The summed E-state index contributed by atoms with van der Waals surface area (Å²) in [6, 6.07) is 11.1. The van der Waals surface area contributed by atoms with Crippen LogP contribution in [0.1, 0.15) is 36.9 Å². The lowest BCUT2D eigenvalue weighted by Gasteiger charge is -2.04. The Labute approximate surface area is 172 Å². The molecule has 9 heteroatoms. The molecule has 30 heavy (non-hydrogen) atoms. The number of aromatic nitrogens is 6. The Hall–Kier alpha value is -3.88. The van der Waals surface area contributed by atoms with Crippen LogP contribution in [0.15, 0.2) is 53.3 Å². The quantitative estimate of drug-likeness (QED) is 0.487. The Kier molecular flexibility index (Phi) is 4.76. The molecule has 0 saturated heterocycles. The molecule has 0 radical (unpaired) electrons. The largest absolute Gasteiger partial charge is 0.339 e. The van der Waals surface area contributed by atoms with E-state index in [9.17, 15) is 4.79 Å². The van der Waals surface area contributed by atoms with Gasteiger partial charge in [-0.05, 0) is 49.2 Å². The highest BCUT2D eigenvalue weighted by Gasteiger charge is 2.27. The number of nitrogens with zero attached hydrogens (tertiary/aromatic N) is 5. The van der Waals surface area contributed by atoms with Crippen LogP contribution in [-0.2, 0) is 11.2 Å². The second kappa shape index (κ2) is 7.86. The van der Waals surface area contributed by atoms with Crippen molar-refractivity contribution in [1.29, 1.82) is 0 Å². The molecule has 4 aromatic rings. The molecule has 0 unspecified atom stereocenters. The van der Waals surface area contributed by atoms with Crippen LogP contribution in [0.4, 0.5) is 5.69 Å². The highest BCUT2D eigenvalue weighted by atomic mass is 16.5. The minimum absolute atomic E-state index is 0.127. The zero-order valence-corrected chi connectivity index (χ0v) is 16.1. The molecule has 1 fully saturated rings. The summed E-state index contributed by atoms with van der Waals surface area (Å²) in [6.45, 7) is 0. The smallest absolute Gasteiger partial charge is 0.227 e. The SMILES string of the molecule is O=C(CCc1nc(-c2cccnc2)no1)Nc1ccc(-c2n[nH]c(C3CC3)n2)cc1. The summed E-state index contributed by atoms with van der Waals surface area (Å²) in [4.78, 5) is 25.1. The topological polar surface area (TPSA) is 122 Å². The lowest BCUT2D eigenvalue weighted by Crippen LogP contribution is -2.12. The molecule has 3 aromatic heterocycles. The first-order chi connectivity index (χ1) is 14.7. The van der Waals surface area contributed by atoms with Crippen molar-refractivity contribution in [2.45, 2.75) is 31.6 Å². The maximum atomic E-state index is 12.3. The number of carbonyl (C=O) groups is 1.